The van der Waals surface area contributed by atoms with E-state index >= 15 is 0 Å². The third-order valence-corrected chi connectivity index (χ3v) is 3.01. The van der Waals surface area contributed by atoms with Gasteiger partial charge < -0.3 is 5.32 Å². The van der Waals surface area contributed by atoms with E-state index in [4.69, 9.17) is 35.4 Å². The molecule has 2 N–H and O–H groups in total. The molecule has 2 aromatic rings. The summed E-state index contributed by atoms with van der Waals surface area (Å²) < 4.78 is 0. The standard InChI is InChI=1S/C14H11Cl2N3S/c15-11-6-4-10(5-7-11)9-17-19-14(20)18-13-3-1-2-12(16)8-13/h1-9H,(H2,18,19,20)/b17-9-. The number of benzene rings is 2. The fourth-order valence-electron chi connectivity index (χ4n) is 1.44. The molecule has 0 aliphatic carbocycles. The zero-order valence-electron chi connectivity index (χ0n) is 10.3. The molecule has 0 radical (unpaired) electrons. The van der Waals surface area contributed by atoms with E-state index in [0.29, 0.717) is 15.2 Å². The molecule has 0 aromatic heterocycles. The second kappa shape index (κ2) is 7.24. The van der Waals surface area contributed by atoms with Gasteiger partial charge in [-0.25, -0.2) is 0 Å². The Balaban J connectivity index is 1.87. The quantitative estimate of drug-likeness (QED) is 0.502. The maximum atomic E-state index is 5.88. The molecule has 0 unspecified atom stereocenters. The van der Waals surface area contributed by atoms with Crippen molar-refractivity contribution in [2.75, 3.05) is 5.32 Å². The number of hydrazone groups is 1. The number of anilines is 1. The molecule has 0 saturated heterocycles. The summed E-state index contributed by atoms with van der Waals surface area (Å²) in [5, 5.41) is 8.73. The molecule has 2 aromatic carbocycles. The number of thiocarbonyl (C=S) groups is 1. The van der Waals surface area contributed by atoms with Gasteiger partial charge >= 0.3 is 0 Å². The highest BCUT2D eigenvalue weighted by molar-refractivity contribution is 7.80. The molecule has 0 atom stereocenters. The maximum Gasteiger partial charge on any atom is 0.191 e. The Morgan fingerprint density at radius 1 is 1.05 bits per heavy atom. The molecule has 2 rings (SSSR count). The molecule has 0 heterocycles. The van der Waals surface area contributed by atoms with Gasteiger partial charge in [-0.15, -0.1) is 0 Å². The molecule has 20 heavy (non-hydrogen) atoms. The van der Waals surface area contributed by atoms with Gasteiger partial charge in [0.15, 0.2) is 5.11 Å². The van der Waals surface area contributed by atoms with Crippen LogP contribution in [0.15, 0.2) is 53.6 Å². The third-order valence-electron chi connectivity index (χ3n) is 2.33. The van der Waals surface area contributed by atoms with Crippen LogP contribution >= 0.6 is 35.4 Å². The minimum Gasteiger partial charge on any atom is -0.331 e. The molecule has 0 saturated carbocycles. The Kier molecular flexibility index (Phi) is 5.35. The van der Waals surface area contributed by atoms with Crippen LogP contribution in [-0.4, -0.2) is 11.3 Å². The summed E-state index contributed by atoms with van der Waals surface area (Å²) >= 11 is 16.8. The number of halogens is 2. The van der Waals surface area contributed by atoms with E-state index < -0.39 is 0 Å². The second-order valence-corrected chi connectivity index (χ2v) is 5.17. The largest absolute Gasteiger partial charge is 0.331 e. The predicted octanol–water partition coefficient (Wildman–Crippen LogP) is 4.31. The van der Waals surface area contributed by atoms with Crippen LogP contribution < -0.4 is 10.7 Å². The monoisotopic (exact) mass is 323 g/mol. The van der Waals surface area contributed by atoms with Crippen LogP contribution in [0.3, 0.4) is 0 Å². The van der Waals surface area contributed by atoms with Crippen molar-refractivity contribution in [3.8, 4) is 0 Å². The SMILES string of the molecule is S=C(N/N=C\c1ccc(Cl)cc1)Nc1cccc(Cl)c1. The summed E-state index contributed by atoms with van der Waals surface area (Å²) in [6.07, 6.45) is 1.66. The first kappa shape index (κ1) is 14.8. The maximum absolute atomic E-state index is 5.88. The van der Waals surface area contributed by atoms with Crippen molar-refractivity contribution in [1.29, 1.82) is 0 Å². The van der Waals surface area contributed by atoms with Crippen molar-refractivity contribution in [1.82, 2.24) is 5.43 Å². The third kappa shape index (κ3) is 4.81. The first-order valence-electron chi connectivity index (χ1n) is 5.75. The molecule has 3 nitrogen and oxygen atoms in total. The van der Waals surface area contributed by atoms with Gasteiger partial charge in [-0.3, -0.25) is 5.43 Å². The van der Waals surface area contributed by atoms with Crippen molar-refractivity contribution >= 4 is 52.4 Å². The van der Waals surface area contributed by atoms with Crippen LogP contribution in [-0.2, 0) is 0 Å². The molecule has 0 aliphatic rings. The number of nitrogens with one attached hydrogen (secondary N) is 2. The average molecular weight is 324 g/mol. The molecule has 0 spiro atoms. The van der Waals surface area contributed by atoms with Crippen molar-refractivity contribution in [2.24, 2.45) is 5.10 Å². The van der Waals surface area contributed by atoms with E-state index in [0.717, 1.165) is 11.3 Å². The highest BCUT2D eigenvalue weighted by Gasteiger charge is 1.96. The van der Waals surface area contributed by atoms with Gasteiger partial charge in [-0.05, 0) is 48.1 Å². The summed E-state index contributed by atoms with van der Waals surface area (Å²) in [5.74, 6) is 0. The Morgan fingerprint density at radius 2 is 1.80 bits per heavy atom. The molecular weight excluding hydrogens is 313 g/mol. The lowest BCUT2D eigenvalue weighted by atomic mass is 10.2. The Bertz CT molecular complexity index is 627. The summed E-state index contributed by atoms with van der Waals surface area (Å²) in [4.78, 5) is 0. The van der Waals surface area contributed by atoms with Gasteiger partial charge in [0.25, 0.3) is 0 Å². The molecule has 0 bridgehead atoms. The summed E-state index contributed by atoms with van der Waals surface area (Å²) in [6, 6.07) is 14.6. The number of hydrogen-bond donors (Lipinski definition) is 2. The van der Waals surface area contributed by atoms with Gasteiger partial charge in [0, 0.05) is 15.7 Å². The Hall–Kier alpha value is -1.62. The first-order chi connectivity index (χ1) is 9.63. The van der Waals surface area contributed by atoms with Gasteiger partial charge in [0.2, 0.25) is 0 Å². The van der Waals surface area contributed by atoms with Crippen molar-refractivity contribution < 1.29 is 0 Å². The van der Waals surface area contributed by atoms with Crippen molar-refractivity contribution in [3.05, 3.63) is 64.1 Å². The fraction of sp³-hybridized carbons (Fsp3) is 0. The van der Waals surface area contributed by atoms with Gasteiger partial charge in [-0.2, -0.15) is 5.10 Å². The van der Waals surface area contributed by atoms with Gasteiger partial charge in [0.1, 0.15) is 0 Å². The minimum atomic E-state index is 0.387. The molecular formula is C14H11Cl2N3S. The molecule has 6 heteroatoms. The lowest BCUT2D eigenvalue weighted by Crippen LogP contribution is -2.23. The van der Waals surface area contributed by atoms with Crippen molar-refractivity contribution in [2.45, 2.75) is 0 Å². The number of rotatable bonds is 3. The highest BCUT2D eigenvalue weighted by atomic mass is 35.5. The lowest BCUT2D eigenvalue weighted by Gasteiger charge is -2.06. The van der Waals surface area contributed by atoms with Crippen LogP contribution in [0, 0.1) is 0 Å². The van der Waals surface area contributed by atoms with E-state index in [1.807, 2.05) is 24.3 Å². The Morgan fingerprint density at radius 3 is 2.50 bits per heavy atom. The van der Waals surface area contributed by atoms with E-state index in [2.05, 4.69) is 15.8 Å². The molecule has 0 fully saturated rings. The van der Waals surface area contributed by atoms with Crippen LogP contribution in [0.2, 0.25) is 10.0 Å². The zero-order chi connectivity index (χ0) is 14.4. The predicted molar refractivity (Wildman–Crippen MR) is 89.9 cm³/mol. The molecule has 0 aliphatic heterocycles. The first-order valence-corrected chi connectivity index (χ1v) is 6.91. The molecule has 0 amide bonds. The van der Waals surface area contributed by atoms with Crippen LogP contribution in [0.5, 0.6) is 0 Å². The topological polar surface area (TPSA) is 36.4 Å². The lowest BCUT2D eigenvalue weighted by molar-refractivity contribution is 1.05. The minimum absolute atomic E-state index is 0.387. The summed E-state index contributed by atoms with van der Waals surface area (Å²) in [7, 11) is 0. The smallest absolute Gasteiger partial charge is 0.191 e. The van der Waals surface area contributed by atoms with E-state index in [1.165, 1.54) is 0 Å². The Labute approximate surface area is 132 Å². The van der Waals surface area contributed by atoms with Crippen molar-refractivity contribution in [3.63, 3.8) is 0 Å². The van der Waals surface area contributed by atoms with Crippen LogP contribution in [0.4, 0.5) is 5.69 Å². The van der Waals surface area contributed by atoms with E-state index in [9.17, 15) is 0 Å². The van der Waals surface area contributed by atoms with E-state index in [-0.39, 0.29) is 0 Å². The second-order valence-electron chi connectivity index (χ2n) is 3.89. The number of nitrogens with zero attached hydrogens (tertiary/aromatic N) is 1. The van der Waals surface area contributed by atoms with E-state index in [1.54, 1.807) is 30.5 Å². The number of hydrogen-bond acceptors (Lipinski definition) is 2. The summed E-state index contributed by atoms with van der Waals surface area (Å²) in [6.45, 7) is 0. The molecule has 102 valence electrons. The highest BCUT2D eigenvalue weighted by Crippen LogP contribution is 2.14. The van der Waals surface area contributed by atoms with Gasteiger partial charge in [-0.1, -0.05) is 41.4 Å². The zero-order valence-corrected chi connectivity index (χ0v) is 12.6. The average Bonchev–Trinajstić information content (AvgIpc) is 2.41. The van der Waals surface area contributed by atoms with Crippen LogP contribution in [0.25, 0.3) is 0 Å². The fourth-order valence-corrected chi connectivity index (χ4v) is 1.93. The normalized spacial score (nSPS) is 10.5. The van der Waals surface area contributed by atoms with Gasteiger partial charge in [0.05, 0.1) is 6.21 Å². The van der Waals surface area contributed by atoms with Crippen LogP contribution in [0.1, 0.15) is 5.56 Å². The summed E-state index contributed by atoms with van der Waals surface area (Å²) in [5.41, 5.74) is 4.45.